The fraction of sp³-hybridized carbons (Fsp3) is 0.143. The minimum Gasteiger partial charge on any atom is -0.497 e. The van der Waals surface area contributed by atoms with Crippen LogP contribution in [0.3, 0.4) is 0 Å². The van der Waals surface area contributed by atoms with Crippen LogP contribution >= 0.6 is 0 Å². The highest BCUT2D eigenvalue weighted by Crippen LogP contribution is 2.25. The van der Waals surface area contributed by atoms with E-state index in [1.165, 1.54) is 20.2 Å². The van der Waals surface area contributed by atoms with Crippen molar-refractivity contribution in [3.63, 3.8) is 0 Å². The maximum Gasteiger partial charge on any atom is 0.290 e. The molecule has 0 aliphatic rings. The molecule has 0 radical (unpaired) electrons. The highest BCUT2D eigenvalue weighted by molar-refractivity contribution is 6.05. The molecule has 9 nitrogen and oxygen atoms in total. The molecule has 0 fully saturated rings. The van der Waals surface area contributed by atoms with Crippen molar-refractivity contribution in [3.8, 4) is 11.5 Å². The quantitative estimate of drug-likeness (QED) is 0.488. The average Bonchev–Trinajstić information content (AvgIpc) is 2.78. The molecular weight excluding hydrogens is 388 g/mol. The summed E-state index contributed by atoms with van der Waals surface area (Å²) in [6.45, 7) is 0. The zero-order valence-electron chi connectivity index (χ0n) is 16.6. The number of fused-ring (bicyclic) bond motifs is 1. The number of hydrogen-bond acceptors (Lipinski definition) is 6. The maximum absolute atomic E-state index is 12.5. The Hall–Kier alpha value is -4.14. The van der Waals surface area contributed by atoms with Gasteiger partial charge in [0.1, 0.15) is 11.5 Å². The second-order valence-corrected chi connectivity index (χ2v) is 6.21. The molecule has 0 aliphatic heterocycles. The Bertz CT molecular complexity index is 1200. The van der Waals surface area contributed by atoms with E-state index in [2.05, 4.69) is 16.0 Å². The summed E-state index contributed by atoms with van der Waals surface area (Å²) in [4.78, 5) is 36.8. The molecule has 1 aromatic heterocycles. The van der Waals surface area contributed by atoms with Crippen molar-refractivity contribution in [1.29, 1.82) is 0 Å². The summed E-state index contributed by atoms with van der Waals surface area (Å²) in [5.74, 6) is -0.0538. The van der Waals surface area contributed by atoms with Crippen molar-refractivity contribution in [3.05, 3.63) is 70.2 Å². The fourth-order valence-electron chi connectivity index (χ4n) is 2.81. The summed E-state index contributed by atoms with van der Waals surface area (Å²) in [5, 5.41) is 4.76. The van der Waals surface area contributed by atoms with Gasteiger partial charge in [-0.25, -0.2) is 4.68 Å². The lowest BCUT2D eigenvalue weighted by molar-refractivity contribution is -0.117. The zero-order valence-corrected chi connectivity index (χ0v) is 16.6. The van der Waals surface area contributed by atoms with Gasteiger partial charge in [-0.15, -0.1) is 0 Å². The number of benzene rings is 2. The van der Waals surface area contributed by atoms with Gasteiger partial charge in [0.25, 0.3) is 17.4 Å². The smallest absolute Gasteiger partial charge is 0.290 e. The topological polar surface area (TPSA) is 112 Å². The number of amides is 2. The number of ether oxygens (including phenoxy) is 2. The number of hydrogen-bond donors (Lipinski definition) is 2. The molecule has 0 saturated carbocycles. The Morgan fingerprint density at radius 1 is 1.03 bits per heavy atom. The summed E-state index contributed by atoms with van der Waals surface area (Å²) < 4.78 is 11.5. The van der Waals surface area contributed by atoms with Crippen molar-refractivity contribution >= 4 is 28.7 Å². The van der Waals surface area contributed by atoms with E-state index >= 15 is 0 Å². The molecule has 2 N–H and O–H groups in total. The third-order valence-electron chi connectivity index (χ3n) is 4.33. The van der Waals surface area contributed by atoms with E-state index in [4.69, 9.17) is 9.47 Å². The van der Waals surface area contributed by atoms with Gasteiger partial charge in [-0.1, -0.05) is 18.2 Å². The molecule has 0 unspecified atom stereocenters. The molecule has 0 aliphatic carbocycles. The van der Waals surface area contributed by atoms with E-state index in [9.17, 15) is 14.4 Å². The zero-order chi connectivity index (χ0) is 21.7. The van der Waals surface area contributed by atoms with Crippen molar-refractivity contribution in [2.24, 2.45) is 7.05 Å². The Balaban J connectivity index is 1.72. The van der Waals surface area contributed by atoms with Gasteiger partial charge in [0.05, 0.1) is 19.6 Å². The Morgan fingerprint density at radius 3 is 2.47 bits per heavy atom. The molecule has 0 atom stereocenters. The van der Waals surface area contributed by atoms with Gasteiger partial charge in [0.15, 0.2) is 5.69 Å². The van der Waals surface area contributed by atoms with Crippen LogP contribution in [0.5, 0.6) is 11.5 Å². The first-order chi connectivity index (χ1) is 14.4. The van der Waals surface area contributed by atoms with Crippen LogP contribution in [0.25, 0.3) is 16.8 Å². The van der Waals surface area contributed by atoms with Crippen molar-refractivity contribution in [1.82, 2.24) is 20.6 Å². The molecule has 2 amide bonds. The van der Waals surface area contributed by atoms with Gasteiger partial charge in [0.2, 0.25) is 0 Å². The molecule has 0 spiro atoms. The lowest BCUT2D eigenvalue weighted by Gasteiger charge is -2.09. The van der Waals surface area contributed by atoms with Gasteiger partial charge in [-0.3, -0.25) is 25.2 Å². The average molecular weight is 408 g/mol. The van der Waals surface area contributed by atoms with Gasteiger partial charge in [-0.05, 0) is 24.3 Å². The number of aryl methyl sites for hydroxylation is 1. The van der Waals surface area contributed by atoms with Crippen molar-refractivity contribution in [2.75, 3.05) is 14.2 Å². The van der Waals surface area contributed by atoms with E-state index in [1.807, 2.05) is 0 Å². The standard InChI is InChI=1S/C21H20N4O5/c1-25-21(28)16-7-5-4-6-15(16)19(24-25)20(27)23-22-18(26)11-9-13-8-10-14(29-2)12-17(13)30-3/h4-12H,1-3H3,(H,22,26)(H,23,27). The van der Waals surface area contributed by atoms with Crippen LogP contribution in [0.15, 0.2) is 53.3 Å². The number of methoxy groups -OCH3 is 2. The maximum atomic E-state index is 12.5. The van der Waals surface area contributed by atoms with Crippen molar-refractivity contribution in [2.45, 2.75) is 0 Å². The Labute approximate surface area is 171 Å². The second-order valence-electron chi connectivity index (χ2n) is 6.21. The highest BCUT2D eigenvalue weighted by Gasteiger charge is 2.15. The number of carbonyl (C=O) groups excluding carboxylic acids is 2. The van der Waals surface area contributed by atoms with Crippen LogP contribution < -0.4 is 25.9 Å². The molecule has 9 heteroatoms. The summed E-state index contributed by atoms with van der Waals surface area (Å²) in [5.41, 5.74) is 4.96. The summed E-state index contributed by atoms with van der Waals surface area (Å²) in [6.07, 6.45) is 2.79. The first-order valence-corrected chi connectivity index (χ1v) is 8.91. The number of carbonyl (C=O) groups is 2. The summed E-state index contributed by atoms with van der Waals surface area (Å²) in [7, 11) is 4.51. The van der Waals surface area contributed by atoms with Gasteiger partial charge in [-0.2, -0.15) is 5.10 Å². The van der Waals surface area contributed by atoms with Crippen LogP contribution in [-0.2, 0) is 11.8 Å². The first kappa shape index (κ1) is 20.6. The molecule has 0 saturated heterocycles. The predicted molar refractivity (Wildman–Crippen MR) is 111 cm³/mol. The van der Waals surface area contributed by atoms with Crippen LogP contribution in [0.1, 0.15) is 16.1 Å². The minimum absolute atomic E-state index is 0.0220. The molecular formula is C21H20N4O5. The van der Waals surface area contributed by atoms with Gasteiger partial charge < -0.3 is 9.47 Å². The molecule has 3 aromatic rings. The minimum atomic E-state index is -0.648. The molecule has 3 rings (SSSR count). The van der Waals surface area contributed by atoms with Gasteiger partial charge in [0, 0.05) is 30.1 Å². The second kappa shape index (κ2) is 8.91. The monoisotopic (exact) mass is 408 g/mol. The lowest BCUT2D eigenvalue weighted by atomic mass is 10.1. The van der Waals surface area contributed by atoms with Crippen LogP contribution in [0, 0.1) is 0 Å². The third-order valence-corrected chi connectivity index (χ3v) is 4.33. The summed E-state index contributed by atoms with van der Waals surface area (Å²) in [6, 6.07) is 11.8. The first-order valence-electron chi connectivity index (χ1n) is 8.91. The van der Waals surface area contributed by atoms with E-state index in [0.717, 1.165) is 4.68 Å². The fourth-order valence-corrected chi connectivity index (χ4v) is 2.81. The van der Waals surface area contributed by atoms with Crippen molar-refractivity contribution < 1.29 is 19.1 Å². The SMILES string of the molecule is COc1ccc(C=CC(=O)NNC(=O)c2nn(C)c(=O)c3ccccc23)c(OC)c1. The lowest BCUT2D eigenvalue weighted by Crippen LogP contribution is -2.42. The van der Waals surface area contributed by atoms with E-state index in [0.29, 0.717) is 27.8 Å². The molecule has 30 heavy (non-hydrogen) atoms. The van der Waals surface area contributed by atoms with E-state index in [1.54, 1.807) is 55.7 Å². The summed E-state index contributed by atoms with van der Waals surface area (Å²) >= 11 is 0. The van der Waals surface area contributed by atoms with Crippen LogP contribution in [0.4, 0.5) is 0 Å². The molecule has 154 valence electrons. The number of nitrogens with zero attached hydrogens (tertiary/aromatic N) is 2. The predicted octanol–water partition coefficient (Wildman–Crippen LogP) is 1.43. The normalized spacial score (nSPS) is 10.8. The van der Waals surface area contributed by atoms with Gasteiger partial charge >= 0.3 is 0 Å². The number of aromatic nitrogens is 2. The molecule has 2 aromatic carbocycles. The number of hydrazine groups is 1. The van der Waals surface area contributed by atoms with E-state index < -0.39 is 11.8 Å². The molecule has 0 bridgehead atoms. The third kappa shape index (κ3) is 4.30. The highest BCUT2D eigenvalue weighted by atomic mass is 16.5. The van der Waals surface area contributed by atoms with Crippen LogP contribution in [0.2, 0.25) is 0 Å². The van der Waals surface area contributed by atoms with Crippen LogP contribution in [-0.4, -0.2) is 35.8 Å². The molecule has 1 heterocycles. The number of rotatable bonds is 5. The Morgan fingerprint density at radius 2 is 1.77 bits per heavy atom. The van der Waals surface area contributed by atoms with E-state index in [-0.39, 0.29) is 11.3 Å². The Kier molecular flexibility index (Phi) is 6.11. The largest absolute Gasteiger partial charge is 0.497 e. The number of nitrogens with one attached hydrogen (secondary N) is 2.